The van der Waals surface area contributed by atoms with Crippen LogP contribution in [0.3, 0.4) is 0 Å². The molecule has 0 aromatic rings. The lowest BCUT2D eigenvalue weighted by Gasteiger charge is -2.10. The topological polar surface area (TPSA) is 21.3 Å². The molecule has 0 atom stereocenters. The Labute approximate surface area is 74.0 Å². The average Bonchev–Trinajstić information content (AvgIpc) is 1.72. The van der Waals surface area contributed by atoms with Crippen LogP contribution in [0.15, 0.2) is 0 Å². The third-order valence-electron chi connectivity index (χ3n) is 0.846. The fourth-order valence-corrected chi connectivity index (χ4v) is 0.516. The monoisotopic (exact) mass is 195 g/mol. The second kappa shape index (κ2) is 11.6. The molecule has 0 aromatic carbocycles. The fourth-order valence-electron chi connectivity index (χ4n) is 0.516. The molecule has 2 nitrogen and oxygen atoms in total. The summed E-state index contributed by atoms with van der Waals surface area (Å²) in [4.78, 5) is 0. The van der Waals surface area contributed by atoms with E-state index in [4.69, 9.17) is 4.74 Å². The Kier molecular flexibility index (Phi) is 21.1. The quantitative estimate of drug-likeness (QED) is 0.621. The average molecular weight is 197 g/mol. The molecule has 0 saturated carbocycles. The second-order valence-electron chi connectivity index (χ2n) is 1.36. The van der Waals surface area contributed by atoms with Gasteiger partial charge in [0.05, 0.1) is 13.2 Å². The van der Waals surface area contributed by atoms with Crippen molar-refractivity contribution in [2.24, 2.45) is 0 Å². The second-order valence-corrected chi connectivity index (χ2v) is 1.36. The molecule has 0 unspecified atom stereocenters. The minimum atomic E-state index is 0. The van der Waals surface area contributed by atoms with E-state index in [1.807, 2.05) is 0 Å². The summed E-state index contributed by atoms with van der Waals surface area (Å²) < 4.78 is 5.01. The van der Waals surface area contributed by atoms with Crippen LogP contribution in [0.2, 0.25) is 0 Å². The van der Waals surface area contributed by atoms with Crippen LogP contribution in [0.4, 0.5) is 0 Å². The Balaban J connectivity index is -0.000000120. The van der Waals surface area contributed by atoms with Crippen molar-refractivity contribution >= 4 is 37.2 Å². The van der Waals surface area contributed by atoms with E-state index in [-0.39, 0.29) is 37.2 Å². The van der Waals surface area contributed by atoms with Crippen LogP contribution in [0, 0.1) is 0 Å². The first-order valence-corrected chi connectivity index (χ1v) is 2.28. The van der Waals surface area contributed by atoms with Crippen LogP contribution >= 0.6 is 37.2 Å². The molecule has 0 amide bonds. The highest BCUT2D eigenvalue weighted by Crippen LogP contribution is 1.76. The lowest BCUT2D eigenvalue weighted by Crippen LogP contribution is -2.30. The first-order valence-electron chi connectivity index (χ1n) is 2.28. The number of ether oxygens (including phenoxy) is 1. The Morgan fingerprint density at radius 3 is 1.44 bits per heavy atom. The molecule has 9 heavy (non-hydrogen) atoms. The van der Waals surface area contributed by atoms with Crippen molar-refractivity contribution in [2.45, 2.75) is 0 Å². The summed E-state index contributed by atoms with van der Waals surface area (Å²) in [5, 5.41) is 3.16. The third kappa shape index (κ3) is 8.79. The normalized spacial score (nSPS) is 16.0. The van der Waals surface area contributed by atoms with Crippen LogP contribution in [0.1, 0.15) is 0 Å². The molecule has 0 bridgehead atoms. The SMILES string of the molecule is C1COCCN1.Cl.Cl.Cl. The predicted octanol–water partition coefficient (Wildman–Crippen LogP) is 0.872. The van der Waals surface area contributed by atoms with Gasteiger partial charge in [0.2, 0.25) is 0 Å². The zero-order valence-electron chi connectivity index (χ0n) is 4.96. The molecular formula is C4H12Cl3NO. The van der Waals surface area contributed by atoms with E-state index >= 15 is 0 Å². The van der Waals surface area contributed by atoms with Gasteiger partial charge in [-0.15, -0.1) is 37.2 Å². The molecule has 0 spiro atoms. The molecule has 1 heterocycles. The number of morpholine rings is 1. The van der Waals surface area contributed by atoms with E-state index in [0.29, 0.717) is 0 Å². The standard InChI is InChI=1S/C4H9NO.3ClH/c1-3-6-4-2-5-1;;;/h5H,1-4H2;3*1H. The number of halogens is 3. The molecule has 1 rings (SSSR count). The van der Waals surface area contributed by atoms with Crippen molar-refractivity contribution in [1.29, 1.82) is 0 Å². The Hall–Kier alpha value is 0.790. The summed E-state index contributed by atoms with van der Waals surface area (Å²) in [6.45, 7) is 3.83. The molecule has 1 N–H and O–H groups in total. The van der Waals surface area contributed by atoms with Crippen molar-refractivity contribution < 1.29 is 4.74 Å². The molecule has 1 aliphatic rings. The van der Waals surface area contributed by atoms with Gasteiger partial charge in [0, 0.05) is 13.1 Å². The minimum Gasteiger partial charge on any atom is -0.379 e. The zero-order chi connectivity index (χ0) is 4.24. The van der Waals surface area contributed by atoms with Gasteiger partial charge in [-0.05, 0) is 0 Å². The van der Waals surface area contributed by atoms with Gasteiger partial charge in [0.15, 0.2) is 0 Å². The highest BCUT2D eigenvalue weighted by atomic mass is 35.5. The molecule has 60 valence electrons. The molecule has 1 saturated heterocycles. The van der Waals surface area contributed by atoms with Gasteiger partial charge in [-0.3, -0.25) is 0 Å². The number of nitrogens with one attached hydrogen (secondary N) is 1. The van der Waals surface area contributed by atoms with Gasteiger partial charge in [0.1, 0.15) is 0 Å². The zero-order valence-corrected chi connectivity index (χ0v) is 7.41. The highest BCUT2D eigenvalue weighted by molar-refractivity contribution is 5.86. The first-order chi connectivity index (χ1) is 3.00. The summed E-state index contributed by atoms with van der Waals surface area (Å²) in [7, 11) is 0. The molecule has 1 aliphatic heterocycles. The van der Waals surface area contributed by atoms with Crippen LogP contribution in [0.5, 0.6) is 0 Å². The van der Waals surface area contributed by atoms with Crippen LogP contribution < -0.4 is 5.32 Å². The van der Waals surface area contributed by atoms with Crippen LogP contribution in [-0.2, 0) is 4.74 Å². The van der Waals surface area contributed by atoms with Crippen molar-refractivity contribution in [3.63, 3.8) is 0 Å². The van der Waals surface area contributed by atoms with Gasteiger partial charge >= 0.3 is 0 Å². The van der Waals surface area contributed by atoms with Crippen molar-refractivity contribution in [2.75, 3.05) is 26.3 Å². The fraction of sp³-hybridized carbons (Fsp3) is 1.00. The van der Waals surface area contributed by atoms with Crippen molar-refractivity contribution in [3.8, 4) is 0 Å². The first kappa shape index (κ1) is 16.4. The maximum Gasteiger partial charge on any atom is 0.0591 e. The molecule has 0 radical (unpaired) electrons. The Morgan fingerprint density at radius 1 is 0.889 bits per heavy atom. The smallest absolute Gasteiger partial charge is 0.0591 e. The van der Waals surface area contributed by atoms with E-state index in [1.165, 1.54) is 0 Å². The van der Waals surface area contributed by atoms with Gasteiger partial charge in [0.25, 0.3) is 0 Å². The van der Waals surface area contributed by atoms with E-state index in [1.54, 1.807) is 0 Å². The highest BCUT2D eigenvalue weighted by Gasteiger charge is 1.92. The molecule has 5 heteroatoms. The maximum absolute atomic E-state index is 5.01. The van der Waals surface area contributed by atoms with E-state index in [9.17, 15) is 0 Å². The lowest BCUT2D eigenvalue weighted by atomic mass is 10.5. The Bertz CT molecular complexity index is 31.3. The summed E-state index contributed by atoms with van der Waals surface area (Å²) in [6.07, 6.45) is 0. The lowest BCUT2D eigenvalue weighted by molar-refractivity contribution is 0.109. The van der Waals surface area contributed by atoms with Crippen LogP contribution in [-0.4, -0.2) is 26.3 Å². The van der Waals surface area contributed by atoms with Crippen LogP contribution in [0.25, 0.3) is 0 Å². The predicted molar refractivity (Wildman–Crippen MR) is 45.4 cm³/mol. The Morgan fingerprint density at radius 2 is 1.33 bits per heavy atom. The summed E-state index contributed by atoms with van der Waals surface area (Å²) in [5.74, 6) is 0. The van der Waals surface area contributed by atoms with E-state index in [0.717, 1.165) is 26.3 Å². The van der Waals surface area contributed by atoms with E-state index < -0.39 is 0 Å². The van der Waals surface area contributed by atoms with Gasteiger partial charge in [-0.2, -0.15) is 0 Å². The number of rotatable bonds is 0. The molecule has 0 aliphatic carbocycles. The van der Waals surface area contributed by atoms with Crippen molar-refractivity contribution in [3.05, 3.63) is 0 Å². The third-order valence-corrected chi connectivity index (χ3v) is 0.846. The van der Waals surface area contributed by atoms with Gasteiger partial charge in [-0.1, -0.05) is 0 Å². The molecule has 1 fully saturated rings. The minimum absolute atomic E-state index is 0. The van der Waals surface area contributed by atoms with Crippen molar-refractivity contribution in [1.82, 2.24) is 5.32 Å². The number of hydrogen-bond donors (Lipinski definition) is 1. The summed E-state index contributed by atoms with van der Waals surface area (Å²) in [5.41, 5.74) is 0. The summed E-state index contributed by atoms with van der Waals surface area (Å²) >= 11 is 0. The molecule has 0 aromatic heterocycles. The largest absolute Gasteiger partial charge is 0.379 e. The number of hydrogen-bond acceptors (Lipinski definition) is 2. The maximum atomic E-state index is 5.01. The summed E-state index contributed by atoms with van der Waals surface area (Å²) in [6, 6.07) is 0. The molecular weight excluding hydrogens is 184 g/mol. The van der Waals surface area contributed by atoms with E-state index in [2.05, 4.69) is 5.32 Å². The van der Waals surface area contributed by atoms with Gasteiger partial charge < -0.3 is 10.1 Å². The van der Waals surface area contributed by atoms with Gasteiger partial charge in [-0.25, -0.2) is 0 Å².